The highest BCUT2D eigenvalue weighted by molar-refractivity contribution is 5.71. The van der Waals surface area contributed by atoms with Crippen LogP contribution in [0.5, 0.6) is 0 Å². The Balaban J connectivity index is 2.24. The maximum Gasteiger partial charge on any atom is 0.308 e. The molecule has 1 aliphatic heterocycles. The summed E-state index contributed by atoms with van der Waals surface area (Å²) in [6, 6.07) is 0.0835. The predicted molar refractivity (Wildman–Crippen MR) is 54.7 cm³/mol. The number of aliphatic hydroxyl groups excluding tert-OH is 1. The van der Waals surface area contributed by atoms with Gasteiger partial charge in [-0.05, 0) is 19.9 Å². The summed E-state index contributed by atoms with van der Waals surface area (Å²) in [7, 11) is 0. The van der Waals surface area contributed by atoms with Crippen molar-refractivity contribution >= 4 is 5.97 Å². The van der Waals surface area contributed by atoms with Crippen molar-refractivity contribution in [1.29, 1.82) is 0 Å². The molecule has 0 aromatic heterocycles. The van der Waals surface area contributed by atoms with Crippen LogP contribution in [0, 0.1) is 5.92 Å². The van der Waals surface area contributed by atoms with Crippen LogP contribution in [0.25, 0.3) is 0 Å². The fourth-order valence-electron chi connectivity index (χ4n) is 2.00. The van der Waals surface area contributed by atoms with E-state index >= 15 is 0 Å². The Morgan fingerprint density at radius 1 is 1.53 bits per heavy atom. The molecule has 0 aliphatic carbocycles. The molecule has 2 N–H and O–H groups in total. The monoisotopic (exact) mass is 217 g/mol. The quantitative estimate of drug-likeness (QED) is 0.602. The molecule has 0 aromatic rings. The van der Waals surface area contributed by atoms with Crippen molar-refractivity contribution < 1.29 is 19.7 Å². The van der Waals surface area contributed by atoms with Crippen LogP contribution in [-0.4, -0.2) is 60.0 Å². The predicted octanol–water partition coefficient (Wildman–Crippen LogP) is -0.210. The molecule has 1 aliphatic rings. The summed E-state index contributed by atoms with van der Waals surface area (Å²) < 4.78 is 5.15. The molecular weight excluding hydrogens is 198 g/mol. The number of carboxylic acids is 1. The second kappa shape index (κ2) is 6.05. The smallest absolute Gasteiger partial charge is 0.308 e. The minimum atomic E-state index is -0.707. The van der Waals surface area contributed by atoms with Gasteiger partial charge < -0.3 is 14.9 Å². The summed E-state index contributed by atoms with van der Waals surface area (Å²) in [5.74, 6) is -0.955. The van der Waals surface area contributed by atoms with Gasteiger partial charge in [0.25, 0.3) is 0 Å². The number of carbonyl (C=O) groups is 1. The summed E-state index contributed by atoms with van der Waals surface area (Å²) in [6.45, 7) is 4.44. The number of nitrogens with zero attached hydrogens (tertiary/aromatic N) is 1. The van der Waals surface area contributed by atoms with Crippen molar-refractivity contribution in [1.82, 2.24) is 4.90 Å². The zero-order chi connectivity index (χ0) is 11.3. The largest absolute Gasteiger partial charge is 0.481 e. The van der Waals surface area contributed by atoms with E-state index in [9.17, 15) is 4.79 Å². The van der Waals surface area contributed by atoms with Crippen LogP contribution < -0.4 is 0 Å². The molecule has 1 fully saturated rings. The van der Waals surface area contributed by atoms with Gasteiger partial charge in [0.05, 0.1) is 25.7 Å². The minimum Gasteiger partial charge on any atom is -0.481 e. The van der Waals surface area contributed by atoms with Crippen molar-refractivity contribution in [2.45, 2.75) is 19.4 Å². The van der Waals surface area contributed by atoms with E-state index in [1.807, 2.05) is 6.92 Å². The van der Waals surface area contributed by atoms with E-state index in [1.54, 1.807) is 0 Å². The van der Waals surface area contributed by atoms with Crippen LogP contribution >= 0.6 is 0 Å². The topological polar surface area (TPSA) is 70.0 Å². The molecule has 2 unspecified atom stereocenters. The first-order valence-electron chi connectivity index (χ1n) is 5.32. The lowest BCUT2D eigenvalue weighted by molar-refractivity contribution is -0.142. The van der Waals surface area contributed by atoms with Crippen LogP contribution in [0.4, 0.5) is 0 Å². The van der Waals surface area contributed by atoms with Crippen LogP contribution in [0.3, 0.4) is 0 Å². The van der Waals surface area contributed by atoms with E-state index in [-0.39, 0.29) is 18.6 Å². The summed E-state index contributed by atoms with van der Waals surface area (Å²) >= 11 is 0. The number of hydrogen-bond acceptors (Lipinski definition) is 4. The molecule has 5 heteroatoms. The molecule has 15 heavy (non-hydrogen) atoms. The van der Waals surface area contributed by atoms with Crippen molar-refractivity contribution in [3.63, 3.8) is 0 Å². The second-order valence-corrected chi connectivity index (χ2v) is 3.85. The average molecular weight is 217 g/mol. The molecular formula is C10H19NO4. The lowest BCUT2D eigenvalue weighted by Crippen LogP contribution is -2.35. The fourth-order valence-corrected chi connectivity index (χ4v) is 2.00. The zero-order valence-electron chi connectivity index (χ0n) is 9.06. The third-order valence-electron chi connectivity index (χ3n) is 2.96. The van der Waals surface area contributed by atoms with Gasteiger partial charge in [0.15, 0.2) is 0 Å². The molecule has 88 valence electrons. The fraction of sp³-hybridized carbons (Fsp3) is 0.900. The molecule has 5 nitrogen and oxygen atoms in total. The Labute approximate surface area is 89.6 Å². The molecule has 0 bridgehead atoms. The number of aliphatic hydroxyl groups is 1. The van der Waals surface area contributed by atoms with Crippen molar-refractivity contribution in [2.24, 2.45) is 5.92 Å². The first-order valence-corrected chi connectivity index (χ1v) is 5.32. The van der Waals surface area contributed by atoms with E-state index in [0.29, 0.717) is 13.2 Å². The number of aliphatic carboxylic acids is 1. The molecule has 0 radical (unpaired) electrons. The lowest BCUT2D eigenvalue weighted by atomic mass is 10.0. The van der Waals surface area contributed by atoms with Gasteiger partial charge >= 0.3 is 5.97 Å². The molecule has 1 saturated heterocycles. The second-order valence-electron chi connectivity index (χ2n) is 3.85. The molecule has 1 rings (SSSR count). The Morgan fingerprint density at radius 3 is 2.80 bits per heavy atom. The highest BCUT2D eigenvalue weighted by Crippen LogP contribution is 2.23. The average Bonchev–Trinajstić information content (AvgIpc) is 2.55. The molecule has 0 amide bonds. The third-order valence-corrected chi connectivity index (χ3v) is 2.96. The van der Waals surface area contributed by atoms with E-state index in [2.05, 4.69) is 4.90 Å². The van der Waals surface area contributed by atoms with E-state index in [4.69, 9.17) is 14.9 Å². The molecule has 2 atom stereocenters. The summed E-state index contributed by atoms with van der Waals surface area (Å²) in [6.07, 6.45) is 0.719. The number of hydrogen-bond donors (Lipinski definition) is 2. The normalized spacial score (nSPS) is 27.1. The summed E-state index contributed by atoms with van der Waals surface area (Å²) in [5, 5.41) is 17.4. The Bertz CT molecular complexity index is 210. The SMILES string of the molecule is CC1C(C(=O)O)CCN1CCOCCO. The van der Waals surface area contributed by atoms with Gasteiger partial charge in [0.1, 0.15) is 0 Å². The lowest BCUT2D eigenvalue weighted by Gasteiger charge is -2.22. The Morgan fingerprint density at radius 2 is 2.27 bits per heavy atom. The van der Waals surface area contributed by atoms with Crippen LogP contribution in [-0.2, 0) is 9.53 Å². The van der Waals surface area contributed by atoms with Gasteiger partial charge in [0, 0.05) is 12.6 Å². The van der Waals surface area contributed by atoms with Gasteiger partial charge in [-0.3, -0.25) is 9.69 Å². The van der Waals surface area contributed by atoms with Crippen molar-refractivity contribution in [3.8, 4) is 0 Å². The Hall–Kier alpha value is -0.650. The Kier molecular flexibility index (Phi) is 5.01. The highest BCUT2D eigenvalue weighted by Gasteiger charge is 2.34. The molecule has 0 saturated carbocycles. The molecule has 1 heterocycles. The van der Waals surface area contributed by atoms with Crippen LogP contribution in [0.1, 0.15) is 13.3 Å². The third kappa shape index (κ3) is 3.44. The summed E-state index contributed by atoms with van der Waals surface area (Å²) in [5.41, 5.74) is 0. The number of carboxylic acid groups (broad SMARTS) is 1. The van der Waals surface area contributed by atoms with Gasteiger partial charge in [-0.15, -0.1) is 0 Å². The van der Waals surface area contributed by atoms with Gasteiger partial charge in [-0.2, -0.15) is 0 Å². The van der Waals surface area contributed by atoms with Crippen LogP contribution in [0.15, 0.2) is 0 Å². The zero-order valence-corrected chi connectivity index (χ0v) is 9.06. The maximum atomic E-state index is 10.8. The van der Waals surface area contributed by atoms with Crippen molar-refractivity contribution in [2.75, 3.05) is 32.9 Å². The first kappa shape index (κ1) is 12.4. The molecule has 0 spiro atoms. The standard InChI is InChI=1S/C10H19NO4/c1-8-9(10(13)14)2-3-11(8)4-6-15-7-5-12/h8-9,12H,2-7H2,1H3,(H,13,14). The highest BCUT2D eigenvalue weighted by atomic mass is 16.5. The van der Waals surface area contributed by atoms with Crippen LogP contribution in [0.2, 0.25) is 0 Å². The van der Waals surface area contributed by atoms with Crippen molar-refractivity contribution in [3.05, 3.63) is 0 Å². The van der Waals surface area contributed by atoms with Gasteiger partial charge in [0.2, 0.25) is 0 Å². The summed E-state index contributed by atoms with van der Waals surface area (Å²) in [4.78, 5) is 13.0. The number of rotatable bonds is 6. The first-order chi connectivity index (χ1) is 7.16. The minimum absolute atomic E-state index is 0.0350. The van der Waals surface area contributed by atoms with E-state index in [1.165, 1.54) is 0 Å². The van der Waals surface area contributed by atoms with Gasteiger partial charge in [-0.25, -0.2) is 0 Å². The maximum absolute atomic E-state index is 10.8. The van der Waals surface area contributed by atoms with E-state index < -0.39 is 5.97 Å². The van der Waals surface area contributed by atoms with Gasteiger partial charge in [-0.1, -0.05) is 0 Å². The van der Waals surface area contributed by atoms with E-state index in [0.717, 1.165) is 19.5 Å². The molecule has 0 aromatic carbocycles. The number of likely N-dealkylation sites (tertiary alicyclic amines) is 1. The number of ether oxygens (including phenoxy) is 1.